The fourth-order valence-corrected chi connectivity index (χ4v) is 5.32. The standard InChI is InChI=1S/C29H26N4O4S/c1-18(2)37-23-14-12-22(13-15-23)32-28(30)24(17-31-32)27(34)26-16-21-6-4-5-7-25(21)33(26)38(36)29(35)20-10-8-19(3)9-11-20/h4-18H,30H2,1-3H3. The average molecular weight is 527 g/mol. The number of nitrogens with two attached hydrogens (primary N) is 1. The molecule has 0 radical (unpaired) electrons. The van der Waals surface area contributed by atoms with Gasteiger partial charge in [0.15, 0.2) is 11.0 Å². The third-order valence-corrected chi connectivity index (χ3v) is 7.29. The number of rotatable bonds is 7. The van der Waals surface area contributed by atoms with Crippen LogP contribution >= 0.6 is 0 Å². The van der Waals surface area contributed by atoms with Crippen molar-refractivity contribution in [1.29, 1.82) is 0 Å². The van der Waals surface area contributed by atoms with Gasteiger partial charge in [-0.25, -0.2) is 12.9 Å². The molecule has 0 aliphatic rings. The van der Waals surface area contributed by atoms with E-state index in [1.807, 2.05) is 26.8 Å². The molecule has 5 aromatic rings. The minimum Gasteiger partial charge on any atom is -0.491 e. The van der Waals surface area contributed by atoms with Crippen LogP contribution in [0.15, 0.2) is 85.1 Å². The van der Waals surface area contributed by atoms with Gasteiger partial charge in [-0.15, -0.1) is 0 Å². The summed E-state index contributed by atoms with van der Waals surface area (Å²) in [5, 5.41) is 4.39. The molecule has 2 aromatic heterocycles. The van der Waals surface area contributed by atoms with Gasteiger partial charge < -0.3 is 10.5 Å². The molecule has 9 heteroatoms. The van der Waals surface area contributed by atoms with Gasteiger partial charge in [-0.1, -0.05) is 48.0 Å². The number of aryl methyl sites for hydroxylation is 1. The number of carbonyl (C=O) groups is 2. The van der Waals surface area contributed by atoms with Crippen LogP contribution < -0.4 is 10.5 Å². The predicted octanol–water partition coefficient (Wildman–Crippen LogP) is 5.09. The Labute approximate surface area is 222 Å². The molecule has 2 N–H and O–H groups in total. The van der Waals surface area contributed by atoms with Gasteiger partial charge in [0.2, 0.25) is 5.78 Å². The van der Waals surface area contributed by atoms with Gasteiger partial charge in [-0.3, -0.25) is 9.59 Å². The molecular formula is C29H26N4O4S. The van der Waals surface area contributed by atoms with Crippen LogP contribution in [0.4, 0.5) is 5.82 Å². The molecule has 0 saturated carbocycles. The van der Waals surface area contributed by atoms with Crippen LogP contribution in [0.3, 0.4) is 0 Å². The van der Waals surface area contributed by atoms with Crippen LogP contribution in [-0.4, -0.2) is 35.0 Å². The minimum atomic E-state index is -2.20. The van der Waals surface area contributed by atoms with Crippen molar-refractivity contribution in [2.24, 2.45) is 0 Å². The first-order chi connectivity index (χ1) is 18.2. The van der Waals surface area contributed by atoms with Crippen molar-refractivity contribution in [3.05, 3.63) is 107 Å². The minimum absolute atomic E-state index is 0.0371. The Kier molecular flexibility index (Phi) is 6.69. The number of anilines is 1. The summed E-state index contributed by atoms with van der Waals surface area (Å²) in [7, 11) is -2.20. The second-order valence-electron chi connectivity index (χ2n) is 9.13. The van der Waals surface area contributed by atoms with Crippen LogP contribution in [0.5, 0.6) is 5.75 Å². The zero-order chi connectivity index (χ0) is 27.0. The van der Waals surface area contributed by atoms with Gasteiger partial charge in [0, 0.05) is 10.9 Å². The lowest BCUT2D eigenvalue weighted by molar-refractivity contribution is 0.103. The zero-order valence-electron chi connectivity index (χ0n) is 21.1. The molecule has 0 aliphatic carbocycles. The number of hydrogen-bond acceptors (Lipinski definition) is 6. The third-order valence-electron chi connectivity index (χ3n) is 6.02. The largest absolute Gasteiger partial charge is 0.491 e. The number of carbonyl (C=O) groups excluding carboxylic acids is 2. The number of benzene rings is 3. The summed E-state index contributed by atoms with van der Waals surface area (Å²) in [6, 6.07) is 22.7. The Morgan fingerprint density at radius 3 is 2.34 bits per heavy atom. The second kappa shape index (κ2) is 10.1. The normalized spacial score (nSPS) is 12.1. The van der Waals surface area contributed by atoms with Crippen LogP contribution in [0.2, 0.25) is 0 Å². The highest BCUT2D eigenvalue weighted by molar-refractivity contribution is 7.99. The van der Waals surface area contributed by atoms with E-state index >= 15 is 0 Å². The zero-order valence-corrected chi connectivity index (χ0v) is 21.9. The summed E-state index contributed by atoms with van der Waals surface area (Å²) in [6.45, 7) is 5.79. The van der Waals surface area contributed by atoms with Crippen molar-refractivity contribution in [3.8, 4) is 11.4 Å². The molecule has 8 nitrogen and oxygen atoms in total. The van der Waals surface area contributed by atoms with Crippen molar-refractivity contribution >= 4 is 38.6 Å². The van der Waals surface area contributed by atoms with E-state index in [4.69, 9.17) is 10.5 Å². The maximum Gasteiger partial charge on any atom is 0.270 e. The molecule has 192 valence electrons. The molecule has 38 heavy (non-hydrogen) atoms. The van der Waals surface area contributed by atoms with Crippen LogP contribution in [-0.2, 0) is 11.0 Å². The highest BCUT2D eigenvalue weighted by atomic mass is 32.2. The average Bonchev–Trinajstić information content (AvgIpc) is 3.49. The Bertz CT molecular complexity index is 1680. The monoisotopic (exact) mass is 526 g/mol. The summed E-state index contributed by atoms with van der Waals surface area (Å²) < 4.78 is 22.0. The molecule has 2 heterocycles. The Morgan fingerprint density at radius 2 is 1.66 bits per heavy atom. The first-order valence-corrected chi connectivity index (χ1v) is 13.1. The molecular weight excluding hydrogens is 500 g/mol. The number of fused-ring (bicyclic) bond motifs is 1. The van der Waals surface area contributed by atoms with Crippen molar-refractivity contribution in [1.82, 2.24) is 13.8 Å². The smallest absolute Gasteiger partial charge is 0.270 e. The van der Waals surface area contributed by atoms with Gasteiger partial charge in [-0.2, -0.15) is 5.10 Å². The molecule has 5 rings (SSSR count). The SMILES string of the molecule is Cc1ccc(C(=O)S(=O)n2c(C(=O)c3cnn(-c4ccc(OC(C)C)cc4)c3N)cc3ccccc32)cc1. The lowest BCUT2D eigenvalue weighted by Crippen LogP contribution is -2.20. The first kappa shape index (κ1) is 25.2. The highest BCUT2D eigenvalue weighted by Gasteiger charge is 2.27. The first-order valence-electron chi connectivity index (χ1n) is 12.0. The molecule has 0 aliphatic heterocycles. The Hall–Kier alpha value is -4.50. The maximum absolute atomic E-state index is 13.8. The van der Waals surface area contributed by atoms with Gasteiger partial charge in [0.05, 0.1) is 29.1 Å². The molecule has 3 aromatic carbocycles. The number of hydrogen-bond donors (Lipinski definition) is 1. The fourth-order valence-electron chi connectivity index (χ4n) is 4.15. The third kappa shape index (κ3) is 4.64. The molecule has 0 amide bonds. The van der Waals surface area contributed by atoms with E-state index in [9.17, 15) is 13.8 Å². The summed E-state index contributed by atoms with van der Waals surface area (Å²) in [5.74, 6) is 0.339. The number of nitrogens with zero attached hydrogens (tertiary/aromatic N) is 3. The summed E-state index contributed by atoms with van der Waals surface area (Å²) in [4.78, 5) is 26.9. The lowest BCUT2D eigenvalue weighted by atomic mass is 10.1. The lowest BCUT2D eigenvalue weighted by Gasteiger charge is -2.11. The maximum atomic E-state index is 13.8. The summed E-state index contributed by atoms with van der Waals surface area (Å²) in [6.07, 6.45) is 1.41. The van der Waals surface area contributed by atoms with Crippen LogP contribution in [0.1, 0.15) is 45.8 Å². The van der Waals surface area contributed by atoms with Crippen molar-refractivity contribution in [2.45, 2.75) is 26.9 Å². The quantitative estimate of drug-likeness (QED) is 0.296. The number of aromatic nitrogens is 3. The van der Waals surface area contributed by atoms with E-state index in [1.165, 1.54) is 14.9 Å². The highest BCUT2D eigenvalue weighted by Crippen LogP contribution is 2.27. The summed E-state index contributed by atoms with van der Waals surface area (Å²) >= 11 is 0. The number of para-hydroxylation sites is 1. The molecule has 0 fully saturated rings. The number of nitrogen functional groups attached to an aromatic ring is 1. The molecule has 0 spiro atoms. The van der Waals surface area contributed by atoms with Crippen molar-refractivity contribution in [2.75, 3.05) is 5.73 Å². The van der Waals surface area contributed by atoms with E-state index in [0.717, 1.165) is 5.56 Å². The van der Waals surface area contributed by atoms with Gasteiger partial charge in [-0.05, 0) is 57.2 Å². The van der Waals surface area contributed by atoms with Crippen LogP contribution in [0.25, 0.3) is 16.6 Å². The van der Waals surface area contributed by atoms with E-state index < -0.39 is 21.9 Å². The molecule has 0 saturated heterocycles. The van der Waals surface area contributed by atoms with E-state index in [2.05, 4.69) is 5.10 Å². The van der Waals surface area contributed by atoms with Crippen LogP contribution in [0, 0.1) is 6.92 Å². The fraction of sp³-hybridized carbons (Fsp3) is 0.138. The van der Waals surface area contributed by atoms with Crippen molar-refractivity contribution < 1.29 is 18.5 Å². The number of ether oxygens (including phenoxy) is 1. The second-order valence-corrected chi connectivity index (χ2v) is 10.4. The van der Waals surface area contributed by atoms with E-state index in [0.29, 0.717) is 27.9 Å². The van der Waals surface area contributed by atoms with Gasteiger partial charge in [0.1, 0.15) is 17.3 Å². The molecule has 0 bridgehead atoms. The Morgan fingerprint density at radius 1 is 0.974 bits per heavy atom. The Balaban J connectivity index is 1.54. The predicted molar refractivity (Wildman–Crippen MR) is 148 cm³/mol. The van der Waals surface area contributed by atoms with Gasteiger partial charge >= 0.3 is 0 Å². The molecule has 1 unspecified atom stereocenters. The van der Waals surface area contributed by atoms with E-state index in [1.54, 1.807) is 72.8 Å². The summed E-state index contributed by atoms with van der Waals surface area (Å²) in [5.41, 5.74) is 9.01. The van der Waals surface area contributed by atoms with Gasteiger partial charge in [0.25, 0.3) is 5.12 Å². The van der Waals surface area contributed by atoms with Crippen molar-refractivity contribution in [3.63, 3.8) is 0 Å². The topological polar surface area (TPSA) is 109 Å². The number of ketones is 1. The van der Waals surface area contributed by atoms with E-state index in [-0.39, 0.29) is 23.2 Å². The molecule has 1 atom stereocenters.